The van der Waals surface area contributed by atoms with Crippen LogP contribution in [0.2, 0.25) is 0 Å². The van der Waals surface area contributed by atoms with Crippen molar-refractivity contribution in [3.05, 3.63) is 15.8 Å². The summed E-state index contributed by atoms with van der Waals surface area (Å²) in [7, 11) is 0. The summed E-state index contributed by atoms with van der Waals surface area (Å²) in [5, 5.41) is 11.0. The van der Waals surface area contributed by atoms with Gasteiger partial charge in [-0.05, 0) is 26.8 Å². The number of ketones is 1. The average molecular weight is 260 g/mol. The van der Waals surface area contributed by atoms with E-state index >= 15 is 0 Å². The predicted octanol–water partition coefficient (Wildman–Crippen LogP) is 2.42. The summed E-state index contributed by atoms with van der Waals surface area (Å²) in [6.07, 6.45) is 0.469. The van der Waals surface area contributed by atoms with Crippen molar-refractivity contribution >= 4 is 29.2 Å². The van der Waals surface area contributed by atoms with Gasteiger partial charge in [0, 0.05) is 5.41 Å². The Morgan fingerprint density at radius 2 is 2.17 bits per heavy atom. The van der Waals surface area contributed by atoms with Gasteiger partial charge in [0.25, 0.3) is 5.78 Å². The first-order valence-corrected chi connectivity index (χ1v) is 6.00. The molecule has 0 saturated heterocycles. The molecule has 5 heteroatoms. The minimum Gasteiger partial charge on any atom is -0.327 e. The molecule has 1 heterocycles. The van der Waals surface area contributed by atoms with Crippen molar-refractivity contribution in [3.8, 4) is 17.9 Å². The van der Waals surface area contributed by atoms with Gasteiger partial charge in [0.15, 0.2) is 0 Å². The van der Waals surface area contributed by atoms with Gasteiger partial charge in [-0.1, -0.05) is 11.8 Å². The third kappa shape index (κ3) is 3.73. The van der Waals surface area contributed by atoms with Crippen molar-refractivity contribution < 1.29 is 9.59 Å². The third-order valence-electron chi connectivity index (χ3n) is 1.81. The molecule has 1 aromatic heterocycles. The summed E-state index contributed by atoms with van der Waals surface area (Å²) < 4.78 is 0. The number of carbonyl (C=O) groups excluding carboxylic acids is 2. The van der Waals surface area contributed by atoms with Crippen LogP contribution in [0.3, 0.4) is 0 Å². The van der Waals surface area contributed by atoms with Crippen molar-refractivity contribution in [3.63, 3.8) is 0 Å². The molecule has 0 aliphatic rings. The Labute approximate surface area is 110 Å². The van der Waals surface area contributed by atoms with E-state index in [2.05, 4.69) is 17.2 Å². The van der Waals surface area contributed by atoms with Gasteiger partial charge >= 0.3 is 0 Å². The largest absolute Gasteiger partial charge is 0.327 e. The van der Waals surface area contributed by atoms with Crippen LogP contribution >= 0.6 is 11.3 Å². The highest BCUT2D eigenvalue weighted by Gasteiger charge is 2.15. The summed E-state index contributed by atoms with van der Waals surface area (Å²) in [5.74, 6) is 5.29. The fraction of sp³-hybridized carbons (Fsp3) is 0.308. The van der Waals surface area contributed by atoms with E-state index < -0.39 is 5.78 Å². The number of hydrogen-bond donors (Lipinski definition) is 1. The molecule has 0 aromatic carbocycles. The molecule has 0 aliphatic heterocycles. The van der Waals surface area contributed by atoms with E-state index in [1.54, 1.807) is 6.07 Å². The zero-order chi connectivity index (χ0) is 13.8. The number of anilines is 1. The quantitative estimate of drug-likeness (QED) is 0.392. The lowest BCUT2D eigenvalue weighted by Gasteiger charge is -2.06. The first kappa shape index (κ1) is 14.0. The van der Waals surface area contributed by atoms with Crippen LogP contribution in [0.15, 0.2) is 6.07 Å². The Balaban J connectivity index is 3.17. The topological polar surface area (TPSA) is 70.0 Å². The van der Waals surface area contributed by atoms with Crippen molar-refractivity contribution in [1.29, 1.82) is 5.26 Å². The number of Topliss-reactive ketones (excluding diaryl/α,β-unsaturated/α-hetero) is 1. The molecule has 0 bridgehead atoms. The maximum Gasteiger partial charge on any atom is 0.274 e. The van der Waals surface area contributed by atoms with Crippen LogP contribution in [-0.2, 0) is 4.79 Å². The van der Waals surface area contributed by atoms with Crippen LogP contribution in [0.25, 0.3) is 0 Å². The fourth-order valence-electron chi connectivity index (χ4n) is 1.09. The summed E-state index contributed by atoms with van der Waals surface area (Å²) in [5.41, 5.74) is 0.182. The van der Waals surface area contributed by atoms with Crippen LogP contribution in [0.4, 0.5) is 5.69 Å². The Hall–Kier alpha value is -2.11. The Morgan fingerprint density at radius 1 is 1.50 bits per heavy atom. The molecule has 0 radical (unpaired) electrons. The molecule has 0 aliphatic carbocycles. The first-order chi connectivity index (χ1) is 8.37. The second kappa shape index (κ2) is 5.48. The van der Waals surface area contributed by atoms with E-state index in [0.717, 1.165) is 11.3 Å². The van der Waals surface area contributed by atoms with Gasteiger partial charge in [0.2, 0.25) is 6.41 Å². The van der Waals surface area contributed by atoms with E-state index in [-0.39, 0.29) is 10.3 Å². The fourth-order valence-corrected chi connectivity index (χ4v) is 1.96. The van der Waals surface area contributed by atoms with Crippen LogP contribution in [0.5, 0.6) is 0 Å². The van der Waals surface area contributed by atoms with Gasteiger partial charge in [-0.25, -0.2) is 0 Å². The molecule has 0 fully saturated rings. The Kier molecular flexibility index (Phi) is 4.25. The third-order valence-corrected chi connectivity index (χ3v) is 2.86. The van der Waals surface area contributed by atoms with E-state index in [4.69, 9.17) is 5.26 Å². The highest BCUT2D eigenvalue weighted by Crippen LogP contribution is 2.27. The molecule has 0 saturated carbocycles. The minimum atomic E-state index is -0.673. The average Bonchev–Trinajstić information content (AvgIpc) is 2.68. The van der Waals surface area contributed by atoms with Crippen LogP contribution < -0.4 is 5.32 Å². The van der Waals surface area contributed by atoms with E-state index in [9.17, 15) is 9.59 Å². The number of thiophene rings is 1. The highest BCUT2D eigenvalue weighted by atomic mass is 32.1. The summed E-state index contributed by atoms with van der Waals surface area (Å²) in [6, 6.07) is 3.13. The molecular weight excluding hydrogens is 248 g/mol. The van der Waals surface area contributed by atoms with Crippen LogP contribution in [0.1, 0.15) is 35.3 Å². The summed E-state index contributed by atoms with van der Waals surface area (Å²) in [6.45, 7) is 5.92. The SMILES string of the molecule is CC(C)(C)C#Cc1cc(NC=O)c(C(=O)C#N)s1. The molecule has 18 heavy (non-hydrogen) atoms. The molecule has 0 spiro atoms. The maximum absolute atomic E-state index is 11.4. The normalized spacial score (nSPS) is 9.89. The second-order valence-corrected chi connectivity index (χ2v) is 5.61. The molecule has 0 unspecified atom stereocenters. The van der Waals surface area contributed by atoms with Gasteiger partial charge in [0.05, 0.1) is 10.6 Å². The van der Waals surface area contributed by atoms with Crippen LogP contribution in [0, 0.1) is 28.6 Å². The predicted molar refractivity (Wildman–Crippen MR) is 70.3 cm³/mol. The van der Waals surface area contributed by atoms with Gasteiger partial charge in [-0.3, -0.25) is 9.59 Å². The highest BCUT2D eigenvalue weighted by molar-refractivity contribution is 7.15. The first-order valence-electron chi connectivity index (χ1n) is 5.19. The smallest absolute Gasteiger partial charge is 0.274 e. The number of rotatable bonds is 3. The number of nitrogens with one attached hydrogen (secondary N) is 1. The van der Waals surface area contributed by atoms with Crippen molar-refractivity contribution in [2.24, 2.45) is 5.41 Å². The molecule has 1 rings (SSSR count). The van der Waals surface area contributed by atoms with Crippen molar-refractivity contribution in [1.82, 2.24) is 0 Å². The molecule has 92 valence electrons. The molecular formula is C13H12N2O2S. The Bertz CT molecular complexity index is 577. The van der Waals surface area contributed by atoms with Crippen LogP contribution in [-0.4, -0.2) is 12.2 Å². The monoisotopic (exact) mass is 260 g/mol. The molecule has 0 atom stereocenters. The lowest BCUT2D eigenvalue weighted by molar-refractivity contribution is -0.105. The van der Waals surface area contributed by atoms with Crippen molar-refractivity contribution in [2.75, 3.05) is 5.32 Å². The standard InChI is InChI=1S/C13H12N2O2S/c1-13(2,3)5-4-9-6-10(15-8-16)12(18-9)11(17)7-14/h6,8H,1-3H3,(H,15,16). The number of nitriles is 1. The maximum atomic E-state index is 11.4. The molecule has 1 aromatic rings. The molecule has 1 N–H and O–H groups in total. The van der Waals surface area contributed by atoms with E-state index in [1.807, 2.05) is 20.8 Å². The van der Waals surface area contributed by atoms with Gasteiger partial charge in [-0.2, -0.15) is 5.26 Å². The number of amides is 1. The van der Waals surface area contributed by atoms with E-state index in [1.165, 1.54) is 6.07 Å². The number of hydrogen-bond acceptors (Lipinski definition) is 4. The lowest BCUT2D eigenvalue weighted by atomic mass is 9.98. The lowest BCUT2D eigenvalue weighted by Crippen LogP contribution is -1.99. The van der Waals surface area contributed by atoms with Gasteiger partial charge in [0.1, 0.15) is 10.9 Å². The zero-order valence-corrected chi connectivity index (χ0v) is 11.1. The molecule has 1 amide bonds. The minimum absolute atomic E-state index is 0.151. The van der Waals surface area contributed by atoms with Gasteiger partial charge < -0.3 is 5.32 Å². The summed E-state index contributed by atoms with van der Waals surface area (Å²) >= 11 is 1.11. The van der Waals surface area contributed by atoms with Gasteiger partial charge in [-0.15, -0.1) is 11.3 Å². The summed E-state index contributed by atoms with van der Waals surface area (Å²) in [4.78, 5) is 22.7. The zero-order valence-electron chi connectivity index (χ0n) is 10.3. The molecule has 4 nitrogen and oxygen atoms in total. The van der Waals surface area contributed by atoms with E-state index in [0.29, 0.717) is 17.0 Å². The Morgan fingerprint density at radius 3 is 2.67 bits per heavy atom. The second-order valence-electron chi connectivity index (χ2n) is 4.56. The number of carbonyl (C=O) groups is 2. The van der Waals surface area contributed by atoms with Crippen molar-refractivity contribution in [2.45, 2.75) is 20.8 Å². The number of nitrogens with zero attached hydrogens (tertiary/aromatic N) is 1.